The van der Waals surface area contributed by atoms with Crippen LogP contribution in [0, 0.1) is 0 Å². The van der Waals surface area contributed by atoms with E-state index in [1.54, 1.807) is 11.8 Å². The van der Waals surface area contributed by atoms with Crippen LogP contribution in [0.25, 0.3) is 0 Å². The zero-order chi connectivity index (χ0) is 11.8. The van der Waals surface area contributed by atoms with Crippen LogP contribution in [-0.2, 0) is 11.2 Å². The second kappa shape index (κ2) is 4.00. The molecule has 0 aromatic carbocycles. The number of nitrogens with one attached hydrogen (secondary N) is 1. The summed E-state index contributed by atoms with van der Waals surface area (Å²) in [6, 6.07) is 1.91. The van der Waals surface area contributed by atoms with Crippen molar-refractivity contribution in [1.29, 1.82) is 0 Å². The molecule has 86 valence electrons. The third-order valence-electron chi connectivity index (χ3n) is 2.76. The van der Waals surface area contributed by atoms with Gasteiger partial charge in [0, 0.05) is 35.8 Å². The molecule has 1 aromatic rings. The van der Waals surface area contributed by atoms with Crippen LogP contribution in [0.15, 0.2) is 29.5 Å². The maximum atomic E-state index is 11.8. The molecular formula is C12H11N3OS. The standard InChI is InChI=1S/C12H11N3OS/c1-7-6-17-11(12(16)15-7)10-4-9-8(5-14-10)2-3-13-9/h3-5,11H,1-2,6H2,(H,15,16). The van der Waals surface area contributed by atoms with Gasteiger partial charge in [-0.1, -0.05) is 6.58 Å². The van der Waals surface area contributed by atoms with E-state index < -0.39 is 0 Å². The summed E-state index contributed by atoms with van der Waals surface area (Å²) in [6.07, 6.45) is 4.52. The van der Waals surface area contributed by atoms with Crippen LogP contribution in [0.3, 0.4) is 0 Å². The van der Waals surface area contributed by atoms with E-state index in [1.165, 1.54) is 0 Å². The highest BCUT2D eigenvalue weighted by Crippen LogP contribution is 2.35. The number of aliphatic imine (C=N–C) groups is 1. The minimum atomic E-state index is -0.249. The summed E-state index contributed by atoms with van der Waals surface area (Å²) in [7, 11) is 0. The van der Waals surface area contributed by atoms with Crippen molar-refractivity contribution < 1.29 is 4.79 Å². The van der Waals surface area contributed by atoms with Crippen molar-refractivity contribution in [3.05, 3.63) is 35.8 Å². The minimum Gasteiger partial charge on any atom is -0.328 e. The maximum Gasteiger partial charge on any atom is 0.243 e. The molecule has 1 N–H and O–H groups in total. The first-order valence-corrected chi connectivity index (χ1v) is 6.40. The van der Waals surface area contributed by atoms with Gasteiger partial charge in [0.05, 0.1) is 11.4 Å². The number of aromatic nitrogens is 1. The topological polar surface area (TPSA) is 54.4 Å². The van der Waals surface area contributed by atoms with Gasteiger partial charge < -0.3 is 5.32 Å². The molecule has 0 aliphatic carbocycles. The van der Waals surface area contributed by atoms with Gasteiger partial charge in [-0.05, 0) is 6.07 Å². The van der Waals surface area contributed by atoms with Crippen molar-refractivity contribution in [2.45, 2.75) is 11.7 Å². The minimum absolute atomic E-state index is 0.0410. The van der Waals surface area contributed by atoms with Crippen molar-refractivity contribution in [2.24, 2.45) is 4.99 Å². The molecule has 1 atom stereocenters. The molecule has 1 saturated heterocycles. The summed E-state index contributed by atoms with van der Waals surface area (Å²) in [5, 5.41) is 2.51. The largest absolute Gasteiger partial charge is 0.328 e. The highest BCUT2D eigenvalue weighted by Gasteiger charge is 2.28. The molecule has 0 radical (unpaired) electrons. The SMILES string of the molecule is C=C1CSC(c2cc3c(cn2)CC=N3)C(=O)N1. The zero-order valence-corrected chi connectivity index (χ0v) is 9.96. The van der Waals surface area contributed by atoms with Gasteiger partial charge in [-0.2, -0.15) is 0 Å². The van der Waals surface area contributed by atoms with Crippen LogP contribution in [0.2, 0.25) is 0 Å². The number of pyridine rings is 1. The summed E-state index contributed by atoms with van der Waals surface area (Å²) in [4.78, 5) is 20.5. The Hall–Kier alpha value is -1.62. The van der Waals surface area contributed by atoms with E-state index >= 15 is 0 Å². The molecule has 5 heteroatoms. The van der Waals surface area contributed by atoms with E-state index in [2.05, 4.69) is 21.9 Å². The van der Waals surface area contributed by atoms with Crippen LogP contribution in [0.1, 0.15) is 16.5 Å². The Bertz CT molecular complexity index is 539. The summed E-state index contributed by atoms with van der Waals surface area (Å²) < 4.78 is 0. The molecule has 0 spiro atoms. The molecule has 1 aromatic heterocycles. The number of hydrogen-bond acceptors (Lipinski definition) is 4. The summed E-state index contributed by atoms with van der Waals surface area (Å²) in [5.41, 5.74) is 3.60. The molecule has 17 heavy (non-hydrogen) atoms. The third kappa shape index (κ3) is 1.86. The van der Waals surface area contributed by atoms with E-state index in [0.29, 0.717) is 0 Å². The van der Waals surface area contributed by atoms with Crippen LogP contribution >= 0.6 is 11.8 Å². The molecule has 2 aliphatic heterocycles. The fourth-order valence-electron chi connectivity index (χ4n) is 1.91. The maximum absolute atomic E-state index is 11.8. The number of thioether (sulfide) groups is 1. The van der Waals surface area contributed by atoms with E-state index in [0.717, 1.165) is 34.8 Å². The fourth-order valence-corrected chi connectivity index (χ4v) is 2.86. The van der Waals surface area contributed by atoms with Gasteiger partial charge in [-0.15, -0.1) is 11.8 Å². The molecule has 0 bridgehead atoms. The lowest BCUT2D eigenvalue weighted by molar-refractivity contribution is -0.120. The number of nitrogens with zero attached hydrogens (tertiary/aromatic N) is 2. The highest BCUT2D eigenvalue weighted by molar-refractivity contribution is 8.00. The van der Waals surface area contributed by atoms with Gasteiger partial charge in [0.15, 0.2) is 0 Å². The quantitative estimate of drug-likeness (QED) is 0.820. The number of amides is 1. The first kappa shape index (κ1) is 10.5. The van der Waals surface area contributed by atoms with Crippen LogP contribution in [-0.4, -0.2) is 22.9 Å². The van der Waals surface area contributed by atoms with Crippen LogP contribution < -0.4 is 5.32 Å². The van der Waals surface area contributed by atoms with Gasteiger partial charge >= 0.3 is 0 Å². The average molecular weight is 245 g/mol. The highest BCUT2D eigenvalue weighted by atomic mass is 32.2. The Morgan fingerprint density at radius 3 is 3.24 bits per heavy atom. The second-order valence-electron chi connectivity index (χ2n) is 4.04. The van der Waals surface area contributed by atoms with E-state index in [1.807, 2.05) is 18.5 Å². The first-order chi connectivity index (χ1) is 8.24. The number of carbonyl (C=O) groups is 1. The monoisotopic (exact) mass is 245 g/mol. The zero-order valence-electron chi connectivity index (χ0n) is 9.14. The lowest BCUT2D eigenvalue weighted by Gasteiger charge is -2.22. The number of carbonyl (C=O) groups excluding carboxylic acids is 1. The molecule has 0 saturated carbocycles. The Morgan fingerprint density at radius 2 is 2.41 bits per heavy atom. The van der Waals surface area contributed by atoms with E-state index in [-0.39, 0.29) is 11.2 Å². The second-order valence-corrected chi connectivity index (χ2v) is 5.13. The first-order valence-electron chi connectivity index (χ1n) is 5.35. The number of hydrogen-bond donors (Lipinski definition) is 1. The Kier molecular flexibility index (Phi) is 2.48. The normalized spacial score (nSPS) is 22.5. The average Bonchev–Trinajstić information content (AvgIpc) is 2.75. The predicted molar refractivity (Wildman–Crippen MR) is 68.6 cm³/mol. The number of fused-ring (bicyclic) bond motifs is 1. The number of rotatable bonds is 1. The molecule has 3 rings (SSSR count). The predicted octanol–water partition coefficient (Wildman–Crippen LogP) is 1.76. The molecule has 4 nitrogen and oxygen atoms in total. The van der Waals surface area contributed by atoms with Gasteiger partial charge in [-0.3, -0.25) is 14.8 Å². The van der Waals surface area contributed by atoms with Crippen molar-refractivity contribution in [3.8, 4) is 0 Å². The fraction of sp³-hybridized carbons (Fsp3) is 0.250. The van der Waals surface area contributed by atoms with Gasteiger partial charge in [-0.25, -0.2) is 0 Å². The van der Waals surface area contributed by atoms with Crippen molar-refractivity contribution in [2.75, 3.05) is 5.75 Å². The Labute approximate surface area is 103 Å². The Balaban J connectivity index is 1.91. The van der Waals surface area contributed by atoms with E-state index in [4.69, 9.17) is 0 Å². The molecule has 3 heterocycles. The van der Waals surface area contributed by atoms with Crippen molar-refractivity contribution in [3.63, 3.8) is 0 Å². The van der Waals surface area contributed by atoms with Crippen LogP contribution in [0.5, 0.6) is 0 Å². The van der Waals surface area contributed by atoms with Gasteiger partial charge in [0.2, 0.25) is 5.91 Å². The smallest absolute Gasteiger partial charge is 0.243 e. The summed E-state index contributed by atoms with van der Waals surface area (Å²) in [5.74, 6) is 0.694. The summed E-state index contributed by atoms with van der Waals surface area (Å²) in [6.45, 7) is 3.75. The third-order valence-corrected chi connectivity index (χ3v) is 4.06. The summed E-state index contributed by atoms with van der Waals surface area (Å²) >= 11 is 1.55. The van der Waals surface area contributed by atoms with Crippen LogP contribution in [0.4, 0.5) is 5.69 Å². The van der Waals surface area contributed by atoms with Gasteiger partial charge in [0.25, 0.3) is 0 Å². The molecule has 2 aliphatic rings. The Morgan fingerprint density at radius 1 is 1.53 bits per heavy atom. The lowest BCUT2D eigenvalue weighted by atomic mass is 10.1. The van der Waals surface area contributed by atoms with E-state index in [9.17, 15) is 4.79 Å². The molecule has 1 fully saturated rings. The molecular weight excluding hydrogens is 234 g/mol. The molecule has 1 amide bonds. The van der Waals surface area contributed by atoms with Crippen molar-refractivity contribution >= 4 is 29.6 Å². The van der Waals surface area contributed by atoms with Crippen molar-refractivity contribution in [1.82, 2.24) is 10.3 Å². The van der Waals surface area contributed by atoms with Gasteiger partial charge in [0.1, 0.15) is 5.25 Å². The lowest BCUT2D eigenvalue weighted by Crippen LogP contribution is -2.32. The molecule has 1 unspecified atom stereocenters.